The average molecular weight is 211 g/mol. The highest BCUT2D eigenvalue weighted by atomic mass is 16.1. The minimum absolute atomic E-state index is 0.174. The molecule has 0 atom stereocenters. The number of carbonyl (C=O) groups excluding carboxylic acids is 1. The molecule has 2 heteroatoms. The summed E-state index contributed by atoms with van der Waals surface area (Å²) in [5.41, 5.74) is 1.45. The highest BCUT2D eigenvalue weighted by molar-refractivity contribution is 5.99. The Morgan fingerprint density at radius 2 is 2.25 bits per heavy atom. The second kappa shape index (κ2) is 6.26. The summed E-state index contributed by atoms with van der Waals surface area (Å²) >= 11 is 0. The molecule has 0 aliphatic rings. The van der Waals surface area contributed by atoms with E-state index in [1.54, 1.807) is 30.4 Å². The third-order valence-corrected chi connectivity index (χ3v) is 1.85. The molecule has 0 unspecified atom stereocenters. The number of amides is 1. The Balaban J connectivity index is 2.66. The lowest BCUT2D eigenvalue weighted by atomic mass is 10.2. The fourth-order valence-corrected chi connectivity index (χ4v) is 1.12. The second-order valence-electron chi connectivity index (χ2n) is 3.10. The van der Waals surface area contributed by atoms with Crippen molar-refractivity contribution >= 4 is 11.6 Å². The molecule has 2 nitrogen and oxygen atoms in total. The predicted molar refractivity (Wildman–Crippen MR) is 67.0 cm³/mol. The maximum Gasteiger partial charge on any atom is 0.248 e. The van der Waals surface area contributed by atoms with E-state index in [-0.39, 0.29) is 5.91 Å². The van der Waals surface area contributed by atoms with Gasteiger partial charge >= 0.3 is 0 Å². The largest absolute Gasteiger partial charge is 0.322 e. The molecule has 0 aliphatic heterocycles. The summed E-state index contributed by atoms with van der Waals surface area (Å²) in [7, 11) is 0. The second-order valence-corrected chi connectivity index (χ2v) is 3.10. The van der Waals surface area contributed by atoms with Gasteiger partial charge in [-0.15, -0.1) is 6.42 Å². The van der Waals surface area contributed by atoms with Crippen molar-refractivity contribution in [2.75, 3.05) is 5.32 Å². The number of terminal acetylenes is 1. The van der Waals surface area contributed by atoms with E-state index >= 15 is 0 Å². The first-order valence-corrected chi connectivity index (χ1v) is 4.93. The molecule has 0 radical (unpaired) electrons. The number of carbonyl (C=O) groups is 1. The van der Waals surface area contributed by atoms with Gasteiger partial charge in [-0.05, 0) is 25.1 Å². The molecule has 0 saturated heterocycles. The van der Waals surface area contributed by atoms with Crippen LogP contribution >= 0.6 is 0 Å². The van der Waals surface area contributed by atoms with Crippen LogP contribution in [-0.2, 0) is 4.79 Å². The monoisotopic (exact) mass is 211 g/mol. The van der Waals surface area contributed by atoms with Crippen LogP contribution in [0.2, 0.25) is 0 Å². The van der Waals surface area contributed by atoms with Gasteiger partial charge in [0.05, 0.1) is 0 Å². The summed E-state index contributed by atoms with van der Waals surface area (Å²) < 4.78 is 0. The Morgan fingerprint density at radius 1 is 1.44 bits per heavy atom. The summed E-state index contributed by atoms with van der Waals surface area (Å²) in [6.45, 7) is 1.89. The highest BCUT2D eigenvalue weighted by Crippen LogP contribution is 2.09. The van der Waals surface area contributed by atoms with Crippen molar-refractivity contribution in [2.45, 2.75) is 6.92 Å². The molecule has 0 fully saturated rings. The molecule has 1 aromatic rings. The fraction of sp³-hybridized carbons (Fsp3) is 0.0714. The lowest BCUT2D eigenvalue weighted by Crippen LogP contribution is -2.07. The van der Waals surface area contributed by atoms with Crippen molar-refractivity contribution in [2.24, 2.45) is 0 Å². The molecule has 1 aromatic carbocycles. The van der Waals surface area contributed by atoms with E-state index in [1.807, 2.05) is 19.1 Å². The molecule has 0 spiro atoms. The van der Waals surface area contributed by atoms with E-state index in [0.29, 0.717) is 5.69 Å². The zero-order valence-electron chi connectivity index (χ0n) is 9.10. The van der Waals surface area contributed by atoms with Crippen LogP contribution < -0.4 is 5.32 Å². The summed E-state index contributed by atoms with van der Waals surface area (Å²) in [4.78, 5) is 11.4. The normalized spacial score (nSPS) is 10.5. The van der Waals surface area contributed by atoms with E-state index in [1.165, 1.54) is 6.08 Å². The van der Waals surface area contributed by atoms with Gasteiger partial charge in [0.1, 0.15) is 0 Å². The standard InChI is InChI=1S/C14H13NO/c1-3-5-6-10-14(16)15-13-9-7-8-12(4-2)11-13/h2-3,5-11H,1H3,(H,15,16). The highest BCUT2D eigenvalue weighted by Gasteiger charge is 1.97. The van der Waals surface area contributed by atoms with E-state index < -0.39 is 0 Å². The van der Waals surface area contributed by atoms with E-state index in [2.05, 4.69) is 11.2 Å². The first-order valence-electron chi connectivity index (χ1n) is 4.93. The molecule has 0 heterocycles. The van der Waals surface area contributed by atoms with Crippen molar-refractivity contribution in [3.8, 4) is 12.3 Å². The predicted octanol–water partition coefficient (Wildman–Crippen LogP) is 2.74. The topological polar surface area (TPSA) is 29.1 Å². The number of rotatable bonds is 3. The number of benzene rings is 1. The fourth-order valence-electron chi connectivity index (χ4n) is 1.12. The quantitative estimate of drug-likeness (QED) is 0.465. The zero-order chi connectivity index (χ0) is 11.8. The van der Waals surface area contributed by atoms with E-state index in [0.717, 1.165) is 5.56 Å². The van der Waals surface area contributed by atoms with Gasteiger partial charge in [-0.3, -0.25) is 4.79 Å². The van der Waals surface area contributed by atoms with Gasteiger partial charge in [0, 0.05) is 17.3 Å². The Hall–Kier alpha value is -2.27. The molecule has 0 bridgehead atoms. The summed E-state index contributed by atoms with van der Waals surface area (Å²) in [5, 5.41) is 2.72. The van der Waals surface area contributed by atoms with Gasteiger partial charge in [0.2, 0.25) is 5.91 Å². The van der Waals surface area contributed by atoms with Crippen LogP contribution in [0.25, 0.3) is 0 Å². The van der Waals surface area contributed by atoms with Crippen LogP contribution in [0.4, 0.5) is 5.69 Å². The minimum Gasteiger partial charge on any atom is -0.322 e. The first kappa shape index (κ1) is 11.8. The Bertz CT molecular complexity index is 464. The molecule has 1 N–H and O–H groups in total. The molecular formula is C14H13NO. The SMILES string of the molecule is C#Cc1cccc(NC(=O)C=CC=CC)c1. The Labute approximate surface area is 95.7 Å². The lowest BCUT2D eigenvalue weighted by molar-refractivity contribution is -0.111. The molecule has 16 heavy (non-hydrogen) atoms. The number of anilines is 1. The van der Waals surface area contributed by atoms with Gasteiger partial charge < -0.3 is 5.32 Å². The molecule has 1 amide bonds. The zero-order valence-corrected chi connectivity index (χ0v) is 9.10. The van der Waals surface area contributed by atoms with Gasteiger partial charge in [0.25, 0.3) is 0 Å². The lowest BCUT2D eigenvalue weighted by Gasteiger charge is -2.01. The molecule has 80 valence electrons. The minimum atomic E-state index is -0.174. The maximum absolute atomic E-state index is 11.4. The van der Waals surface area contributed by atoms with Crippen LogP contribution in [0, 0.1) is 12.3 Å². The van der Waals surface area contributed by atoms with Gasteiger partial charge in [-0.2, -0.15) is 0 Å². The van der Waals surface area contributed by atoms with Crippen LogP contribution in [0.5, 0.6) is 0 Å². The maximum atomic E-state index is 11.4. The van der Waals surface area contributed by atoms with E-state index in [4.69, 9.17) is 6.42 Å². The summed E-state index contributed by atoms with van der Waals surface area (Å²) in [6, 6.07) is 7.16. The Morgan fingerprint density at radius 3 is 2.94 bits per heavy atom. The summed E-state index contributed by atoms with van der Waals surface area (Å²) in [6.07, 6.45) is 12.0. The van der Waals surface area contributed by atoms with Crippen LogP contribution in [-0.4, -0.2) is 5.91 Å². The number of hydrogen-bond acceptors (Lipinski definition) is 1. The molecule has 0 aromatic heterocycles. The van der Waals surface area contributed by atoms with Crippen LogP contribution in [0.3, 0.4) is 0 Å². The van der Waals surface area contributed by atoms with Crippen molar-refractivity contribution in [1.29, 1.82) is 0 Å². The Kier molecular flexibility index (Phi) is 4.62. The number of allylic oxidation sites excluding steroid dienone is 3. The molecule has 1 rings (SSSR count). The smallest absolute Gasteiger partial charge is 0.248 e. The van der Waals surface area contributed by atoms with Crippen LogP contribution in [0.15, 0.2) is 48.6 Å². The van der Waals surface area contributed by atoms with Crippen molar-refractivity contribution in [1.82, 2.24) is 0 Å². The van der Waals surface area contributed by atoms with Crippen molar-refractivity contribution in [3.05, 3.63) is 54.1 Å². The third kappa shape index (κ3) is 3.85. The summed E-state index contributed by atoms with van der Waals surface area (Å²) in [5.74, 6) is 2.34. The van der Waals surface area contributed by atoms with E-state index in [9.17, 15) is 4.79 Å². The molecule has 0 saturated carbocycles. The molecular weight excluding hydrogens is 198 g/mol. The number of hydrogen-bond donors (Lipinski definition) is 1. The van der Waals surface area contributed by atoms with Crippen LogP contribution in [0.1, 0.15) is 12.5 Å². The van der Waals surface area contributed by atoms with Crippen molar-refractivity contribution < 1.29 is 4.79 Å². The third-order valence-electron chi connectivity index (χ3n) is 1.85. The average Bonchev–Trinajstić information content (AvgIpc) is 2.29. The van der Waals surface area contributed by atoms with Crippen molar-refractivity contribution in [3.63, 3.8) is 0 Å². The van der Waals surface area contributed by atoms with Gasteiger partial charge in [0.15, 0.2) is 0 Å². The first-order chi connectivity index (χ1) is 7.76. The van der Waals surface area contributed by atoms with Gasteiger partial charge in [-0.25, -0.2) is 0 Å². The van der Waals surface area contributed by atoms with Gasteiger partial charge in [-0.1, -0.05) is 30.2 Å². The molecule has 0 aliphatic carbocycles. The number of nitrogens with one attached hydrogen (secondary N) is 1.